The van der Waals surface area contributed by atoms with Crippen molar-refractivity contribution in [2.75, 3.05) is 7.05 Å². The van der Waals surface area contributed by atoms with Gasteiger partial charge in [-0.2, -0.15) is 5.10 Å². The number of hydrogen-bond acceptors (Lipinski definition) is 3. The molecule has 0 aliphatic heterocycles. The van der Waals surface area contributed by atoms with Gasteiger partial charge in [0.25, 0.3) is 5.91 Å². The first-order valence-corrected chi connectivity index (χ1v) is 5.50. The predicted molar refractivity (Wildman–Crippen MR) is 63.6 cm³/mol. The van der Waals surface area contributed by atoms with Crippen LogP contribution in [-0.2, 0) is 6.54 Å². The molecule has 1 heterocycles. The molecule has 94 valence electrons. The van der Waals surface area contributed by atoms with Crippen molar-refractivity contribution in [3.63, 3.8) is 0 Å². The second kappa shape index (κ2) is 5.14. The van der Waals surface area contributed by atoms with Crippen LogP contribution in [0.5, 0.6) is 0 Å². The predicted octanol–water partition coefficient (Wildman–Crippen LogP) is 1.87. The summed E-state index contributed by atoms with van der Waals surface area (Å²) >= 11 is 5.63. The quantitative estimate of drug-likeness (QED) is 0.924. The summed E-state index contributed by atoms with van der Waals surface area (Å²) in [5.74, 6) is -0.558. The molecule has 0 aliphatic carbocycles. The smallest absolute Gasteiger partial charge is 0.256 e. The highest BCUT2D eigenvalue weighted by molar-refractivity contribution is 6.30. The molecule has 2 aromatic rings. The Hall–Kier alpha value is -1.95. The maximum absolute atomic E-state index is 13.6. The molecule has 0 saturated heterocycles. The molecule has 1 aromatic heterocycles. The number of aromatic nitrogens is 3. The van der Waals surface area contributed by atoms with Crippen molar-refractivity contribution in [1.82, 2.24) is 20.1 Å². The summed E-state index contributed by atoms with van der Waals surface area (Å²) in [5.41, 5.74) is -0.0265. The van der Waals surface area contributed by atoms with E-state index >= 15 is 0 Å². The third-order valence-electron chi connectivity index (χ3n) is 2.36. The molecule has 0 bridgehead atoms. The molecule has 7 heteroatoms. The number of benzene rings is 1. The van der Waals surface area contributed by atoms with Gasteiger partial charge in [-0.1, -0.05) is 11.6 Å². The van der Waals surface area contributed by atoms with Crippen LogP contribution in [0, 0.1) is 5.82 Å². The first-order chi connectivity index (χ1) is 8.58. The molecule has 5 nitrogen and oxygen atoms in total. The number of rotatable bonds is 3. The van der Waals surface area contributed by atoms with E-state index in [1.54, 1.807) is 7.05 Å². The number of amides is 1. The minimum absolute atomic E-state index is 0.0265. The number of nitrogens with one attached hydrogen (secondary N) is 1. The molecule has 0 unspecified atom stereocenters. The Balaban J connectivity index is 2.15. The minimum atomic E-state index is -0.642. The highest BCUT2D eigenvalue weighted by Crippen LogP contribution is 2.16. The van der Waals surface area contributed by atoms with Gasteiger partial charge in [0, 0.05) is 12.1 Å². The number of nitrogens with zero attached hydrogens (tertiary/aromatic N) is 3. The molecule has 18 heavy (non-hydrogen) atoms. The Labute approximate surface area is 108 Å². The Bertz CT molecular complexity index is 558. The standard InChI is InChI=1S/C11H10ClFN4O/c1-17(5-10-14-6-15-16-10)11(18)8-3-2-7(12)4-9(8)13/h2-4,6H,5H2,1H3,(H,14,15,16). The maximum Gasteiger partial charge on any atom is 0.256 e. The summed E-state index contributed by atoms with van der Waals surface area (Å²) in [5, 5.41) is 6.55. The molecule has 1 aromatic carbocycles. The number of carbonyl (C=O) groups is 1. The van der Waals surface area contributed by atoms with Gasteiger partial charge in [-0.05, 0) is 18.2 Å². The van der Waals surface area contributed by atoms with Gasteiger partial charge in [0.15, 0.2) is 0 Å². The average Bonchev–Trinajstić information content (AvgIpc) is 2.81. The first-order valence-electron chi connectivity index (χ1n) is 5.12. The summed E-state index contributed by atoms with van der Waals surface area (Å²) < 4.78 is 13.6. The van der Waals surface area contributed by atoms with Crippen molar-refractivity contribution >= 4 is 17.5 Å². The molecule has 0 atom stereocenters. The molecule has 0 radical (unpaired) electrons. The molecule has 0 aliphatic rings. The van der Waals surface area contributed by atoms with Crippen LogP contribution >= 0.6 is 11.6 Å². The Kier molecular flexibility index (Phi) is 3.57. The molecule has 0 fully saturated rings. The van der Waals surface area contributed by atoms with Gasteiger partial charge in [0.1, 0.15) is 18.0 Å². The molecule has 0 spiro atoms. The van der Waals surface area contributed by atoms with Gasteiger partial charge in [-0.15, -0.1) is 0 Å². The molecular formula is C11H10ClFN4O. The van der Waals surface area contributed by atoms with Crippen LogP contribution in [0.2, 0.25) is 5.02 Å². The lowest BCUT2D eigenvalue weighted by atomic mass is 10.2. The van der Waals surface area contributed by atoms with E-state index in [4.69, 9.17) is 11.6 Å². The molecule has 0 saturated carbocycles. The van der Waals surface area contributed by atoms with Crippen molar-refractivity contribution in [3.8, 4) is 0 Å². The zero-order chi connectivity index (χ0) is 13.1. The van der Waals surface area contributed by atoms with Crippen LogP contribution in [0.25, 0.3) is 0 Å². The molecule has 1 amide bonds. The monoisotopic (exact) mass is 268 g/mol. The fourth-order valence-corrected chi connectivity index (χ4v) is 1.63. The van der Waals surface area contributed by atoms with Crippen molar-refractivity contribution < 1.29 is 9.18 Å². The van der Waals surface area contributed by atoms with Crippen molar-refractivity contribution in [3.05, 3.63) is 46.8 Å². The van der Waals surface area contributed by atoms with E-state index < -0.39 is 11.7 Å². The highest BCUT2D eigenvalue weighted by atomic mass is 35.5. The second-order valence-electron chi connectivity index (χ2n) is 3.72. The third kappa shape index (κ3) is 2.65. The fraction of sp³-hybridized carbons (Fsp3) is 0.182. The van der Waals surface area contributed by atoms with Gasteiger partial charge in [0.2, 0.25) is 0 Å². The second-order valence-corrected chi connectivity index (χ2v) is 4.15. The van der Waals surface area contributed by atoms with Gasteiger partial charge >= 0.3 is 0 Å². The number of carbonyl (C=O) groups excluding carboxylic acids is 1. The normalized spacial score (nSPS) is 10.4. The SMILES string of the molecule is CN(Cc1ncn[nH]1)C(=O)c1ccc(Cl)cc1F. The summed E-state index contributed by atoms with van der Waals surface area (Å²) in [6.45, 7) is 0.223. The van der Waals surface area contributed by atoms with E-state index in [0.717, 1.165) is 6.07 Å². The Morgan fingerprint density at radius 3 is 2.94 bits per heavy atom. The van der Waals surface area contributed by atoms with E-state index in [0.29, 0.717) is 5.82 Å². The Morgan fingerprint density at radius 2 is 2.33 bits per heavy atom. The Morgan fingerprint density at radius 1 is 1.56 bits per heavy atom. The lowest BCUT2D eigenvalue weighted by Crippen LogP contribution is -2.27. The minimum Gasteiger partial charge on any atom is -0.334 e. The van der Waals surface area contributed by atoms with Crippen LogP contribution in [0.1, 0.15) is 16.2 Å². The van der Waals surface area contributed by atoms with Gasteiger partial charge in [-0.25, -0.2) is 9.37 Å². The lowest BCUT2D eigenvalue weighted by Gasteiger charge is -2.15. The summed E-state index contributed by atoms with van der Waals surface area (Å²) in [7, 11) is 1.55. The third-order valence-corrected chi connectivity index (χ3v) is 2.60. The van der Waals surface area contributed by atoms with E-state index in [1.807, 2.05) is 0 Å². The number of H-pyrrole nitrogens is 1. The van der Waals surface area contributed by atoms with Gasteiger partial charge in [-0.3, -0.25) is 9.89 Å². The zero-order valence-electron chi connectivity index (χ0n) is 9.52. The van der Waals surface area contributed by atoms with Crippen LogP contribution in [0.15, 0.2) is 24.5 Å². The number of hydrogen-bond donors (Lipinski definition) is 1. The van der Waals surface area contributed by atoms with E-state index in [9.17, 15) is 9.18 Å². The lowest BCUT2D eigenvalue weighted by molar-refractivity contribution is 0.0777. The van der Waals surface area contributed by atoms with Gasteiger partial charge < -0.3 is 4.90 Å². The number of halogens is 2. The molecule has 2 rings (SSSR count). The summed E-state index contributed by atoms with van der Waals surface area (Å²) in [6, 6.07) is 3.94. The average molecular weight is 269 g/mol. The largest absolute Gasteiger partial charge is 0.334 e. The molecule has 1 N–H and O–H groups in total. The fourth-order valence-electron chi connectivity index (χ4n) is 1.47. The van der Waals surface area contributed by atoms with Crippen LogP contribution in [0.3, 0.4) is 0 Å². The van der Waals surface area contributed by atoms with Crippen molar-refractivity contribution in [2.24, 2.45) is 0 Å². The van der Waals surface area contributed by atoms with Crippen LogP contribution in [0.4, 0.5) is 4.39 Å². The molecular weight excluding hydrogens is 259 g/mol. The van der Waals surface area contributed by atoms with Gasteiger partial charge in [0.05, 0.1) is 12.1 Å². The van der Waals surface area contributed by atoms with E-state index in [1.165, 1.54) is 23.4 Å². The highest BCUT2D eigenvalue weighted by Gasteiger charge is 2.17. The maximum atomic E-state index is 13.6. The number of aromatic amines is 1. The van der Waals surface area contributed by atoms with Crippen LogP contribution < -0.4 is 0 Å². The zero-order valence-corrected chi connectivity index (χ0v) is 10.3. The van der Waals surface area contributed by atoms with E-state index in [2.05, 4.69) is 15.2 Å². The van der Waals surface area contributed by atoms with Crippen molar-refractivity contribution in [1.29, 1.82) is 0 Å². The van der Waals surface area contributed by atoms with Crippen molar-refractivity contribution in [2.45, 2.75) is 6.54 Å². The summed E-state index contributed by atoms with van der Waals surface area (Å²) in [6.07, 6.45) is 1.34. The first kappa shape index (κ1) is 12.5. The topological polar surface area (TPSA) is 61.9 Å². The van der Waals surface area contributed by atoms with Crippen LogP contribution in [-0.4, -0.2) is 33.0 Å². The summed E-state index contributed by atoms with van der Waals surface area (Å²) in [4.78, 5) is 17.2. The van der Waals surface area contributed by atoms with E-state index in [-0.39, 0.29) is 17.1 Å².